The molecule has 0 unspecified atom stereocenters. The summed E-state index contributed by atoms with van der Waals surface area (Å²) < 4.78 is 7.39. The fraction of sp³-hybridized carbons (Fsp3) is 0.444. The molecule has 2 aromatic heterocycles. The molecule has 4 rings (SSSR count). The summed E-state index contributed by atoms with van der Waals surface area (Å²) >= 11 is 3.24. The predicted octanol–water partition coefficient (Wildman–Crippen LogP) is 10.6. The SMILES string of the molecule is Cc1cc(C)nc(Sc2ccc(CC(C)(C)[Si](C)(C)O[Si](C)(C)C(C)(C)Cc3ccc(Sc4nc(C)cc(C)n4)cc3)cc2)n1. The van der Waals surface area contributed by atoms with Crippen LogP contribution in [0.15, 0.2) is 80.8 Å². The van der Waals surface area contributed by atoms with Crippen LogP contribution in [-0.4, -0.2) is 36.6 Å². The van der Waals surface area contributed by atoms with Gasteiger partial charge in [0.2, 0.25) is 0 Å². The molecule has 0 radical (unpaired) electrons. The second-order valence-corrected chi connectivity index (χ2v) is 26.2. The summed E-state index contributed by atoms with van der Waals surface area (Å²) in [7, 11) is -4.21. The molecule has 0 saturated heterocycles. The van der Waals surface area contributed by atoms with Crippen LogP contribution in [0.4, 0.5) is 0 Å². The van der Waals surface area contributed by atoms with Gasteiger partial charge in [-0.05, 0) is 148 Å². The van der Waals surface area contributed by atoms with Crippen LogP contribution in [-0.2, 0) is 17.0 Å². The largest absolute Gasteiger partial charge is 0.455 e. The molecule has 9 heteroatoms. The zero-order valence-electron chi connectivity index (χ0n) is 29.2. The molecule has 5 nitrogen and oxygen atoms in total. The lowest BCUT2D eigenvalue weighted by molar-refractivity contribution is 0.426. The average Bonchev–Trinajstić information content (AvgIpc) is 2.89. The van der Waals surface area contributed by atoms with Crippen LogP contribution in [0.3, 0.4) is 0 Å². The van der Waals surface area contributed by atoms with E-state index in [4.69, 9.17) is 4.12 Å². The Morgan fingerprint density at radius 1 is 0.533 bits per heavy atom. The van der Waals surface area contributed by atoms with Gasteiger partial charge in [-0.15, -0.1) is 0 Å². The average molecular weight is 675 g/mol. The number of aryl methyl sites for hydroxylation is 4. The standard InChI is InChI=1S/C36H50N4OS2Si2/c1-25-21-26(2)38-33(37-25)42-31-17-13-29(14-18-31)23-35(5,6)44(9,10)41-45(11,12)36(7,8)24-30-15-19-32(20-16-30)43-34-39-27(3)22-28(4)40-34/h13-22H,23-24H2,1-12H3. The maximum absolute atomic E-state index is 7.39. The lowest BCUT2D eigenvalue weighted by atomic mass is 10.0. The first-order valence-electron chi connectivity index (χ1n) is 15.7. The van der Waals surface area contributed by atoms with E-state index >= 15 is 0 Å². The highest BCUT2D eigenvalue weighted by Crippen LogP contribution is 2.48. The van der Waals surface area contributed by atoms with E-state index in [0.29, 0.717) is 0 Å². The second-order valence-electron chi connectivity index (χ2n) is 14.6. The lowest BCUT2D eigenvalue weighted by Crippen LogP contribution is -2.55. The predicted molar refractivity (Wildman–Crippen MR) is 196 cm³/mol. The number of hydrogen-bond donors (Lipinski definition) is 0. The van der Waals surface area contributed by atoms with E-state index in [-0.39, 0.29) is 10.1 Å². The minimum Gasteiger partial charge on any atom is -0.455 e. The molecule has 45 heavy (non-hydrogen) atoms. The molecule has 4 aromatic rings. The first-order valence-corrected chi connectivity index (χ1v) is 23.2. The zero-order chi connectivity index (χ0) is 33.2. The van der Waals surface area contributed by atoms with Gasteiger partial charge in [0.05, 0.1) is 0 Å². The van der Waals surface area contributed by atoms with Crippen molar-refractivity contribution in [2.75, 3.05) is 0 Å². The van der Waals surface area contributed by atoms with Crippen molar-refractivity contribution in [2.24, 2.45) is 0 Å². The van der Waals surface area contributed by atoms with Crippen LogP contribution in [0.1, 0.15) is 61.6 Å². The fourth-order valence-corrected chi connectivity index (χ4v) is 15.7. The van der Waals surface area contributed by atoms with E-state index < -0.39 is 16.6 Å². The highest BCUT2D eigenvalue weighted by atomic mass is 32.2. The Bertz CT molecular complexity index is 1460. The van der Waals surface area contributed by atoms with Crippen molar-refractivity contribution in [2.45, 2.75) is 125 Å². The number of hydrogen-bond acceptors (Lipinski definition) is 7. The van der Waals surface area contributed by atoms with Crippen molar-refractivity contribution in [1.82, 2.24) is 19.9 Å². The molecular formula is C36H50N4OS2Si2. The van der Waals surface area contributed by atoms with E-state index in [2.05, 4.69) is 122 Å². The molecule has 0 aliphatic rings. The Morgan fingerprint density at radius 3 is 1.11 bits per heavy atom. The Labute approximate surface area is 282 Å². The van der Waals surface area contributed by atoms with Crippen molar-refractivity contribution >= 4 is 40.2 Å². The smallest absolute Gasteiger partial charge is 0.192 e. The summed E-state index contributed by atoms with van der Waals surface area (Å²) in [5.74, 6) is 0. The molecule has 0 aliphatic heterocycles. The minimum absolute atomic E-state index is 0.0634. The molecule has 0 amide bonds. The maximum atomic E-state index is 7.39. The van der Waals surface area contributed by atoms with Crippen molar-refractivity contribution in [1.29, 1.82) is 0 Å². The van der Waals surface area contributed by atoms with Crippen LogP contribution in [0.2, 0.25) is 36.3 Å². The van der Waals surface area contributed by atoms with E-state index in [0.717, 1.165) is 55.7 Å². The molecule has 0 N–H and O–H groups in total. The summed E-state index contributed by atoms with van der Waals surface area (Å²) in [6.07, 6.45) is 1.98. The lowest BCUT2D eigenvalue weighted by Gasteiger charge is -2.49. The summed E-state index contributed by atoms with van der Waals surface area (Å²) in [6.45, 7) is 27.3. The normalized spacial score (nSPS) is 12.9. The highest BCUT2D eigenvalue weighted by molar-refractivity contribution is 7.99. The van der Waals surface area contributed by atoms with E-state index in [9.17, 15) is 0 Å². The summed E-state index contributed by atoms with van der Waals surface area (Å²) in [5.41, 5.74) is 6.70. The van der Waals surface area contributed by atoms with Crippen LogP contribution in [0.25, 0.3) is 0 Å². The van der Waals surface area contributed by atoms with Gasteiger partial charge in [0.15, 0.2) is 26.9 Å². The van der Waals surface area contributed by atoms with Crippen LogP contribution < -0.4 is 0 Å². The zero-order valence-corrected chi connectivity index (χ0v) is 32.8. The summed E-state index contributed by atoms with van der Waals surface area (Å²) in [4.78, 5) is 20.7. The van der Waals surface area contributed by atoms with Crippen LogP contribution in [0, 0.1) is 27.7 Å². The third-order valence-electron chi connectivity index (χ3n) is 9.25. The Hall–Kier alpha value is -2.31. The maximum Gasteiger partial charge on any atom is 0.192 e. The van der Waals surface area contributed by atoms with Crippen molar-refractivity contribution in [3.05, 3.63) is 94.6 Å². The Balaban J connectivity index is 1.39. The molecule has 240 valence electrons. The molecule has 0 fully saturated rings. The van der Waals surface area contributed by atoms with E-state index in [1.807, 2.05) is 39.8 Å². The summed E-state index contributed by atoms with van der Waals surface area (Å²) in [6, 6.07) is 21.9. The second kappa shape index (κ2) is 13.8. The van der Waals surface area contributed by atoms with Gasteiger partial charge in [-0.25, -0.2) is 19.9 Å². The van der Waals surface area contributed by atoms with Gasteiger partial charge in [0, 0.05) is 32.6 Å². The molecule has 2 aromatic carbocycles. The van der Waals surface area contributed by atoms with Gasteiger partial charge in [-0.3, -0.25) is 0 Å². The monoisotopic (exact) mass is 674 g/mol. The van der Waals surface area contributed by atoms with Crippen molar-refractivity contribution in [3.8, 4) is 0 Å². The molecule has 0 spiro atoms. The van der Waals surface area contributed by atoms with Crippen LogP contribution in [0.5, 0.6) is 0 Å². The van der Waals surface area contributed by atoms with Gasteiger partial charge in [-0.1, -0.05) is 52.0 Å². The molecule has 0 atom stereocenters. The number of nitrogens with zero attached hydrogens (tertiary/aromatic N) is 4. The van der Waals surface area contributed by atoms with Gasteiger partial charge < -0.3 is 4.12 Å². The van der Waals surface area contributed by atoms with Gasteiger partial charge in [0.1, 0.15) is 0 Å². The number of rotatable bonds is 12. The van der Waals surface area contributed by atoms with Gasteiger partial charge in [0.25, 0.3) is 0 Å². The van der Waals surface area contributed by atoms with E-state index in [1.165, 1.54) is 11.1 Å². The minimum atomic E-state index is -2.11. The quantitative estimate of drug-likeness (QED) is 0.109. The van der Waals surface area contributed by atoms with Gasteiger partial charge >= 0.3 is 0 Å². The molecular weight excluding hydrogens is 625 g/mol. The Kier molecular flexibility index (Phi) is 10.9. The van der Waals surface area contributed by atoms with Crippen molar-refractivity contribution < 1.29 is 4.12 Å². The highest BCUT2D eigenvalue weighted by Gasteiger charge is 2.49. The van der Waals surface area contributed by atoms with E-state index in [1.54, 1.807) is 23.5 Å². The number of aromatic nitrogens is 4. The first kappa shape index (κ1) is 35.5. The third-order valence-corrected chi connectivity index (χ3v) is 22.0. The number of benzene rings is 2. The third kappa shape index (κ3) is 9.38. The van der Waals surface area contributed by atoms with Gasteiger partial charge in [-0.2, -0.15) is 0 Å². The molecule has 0 saturated carbocycles. The molecule has 0 aliphatic carbocycles. The molecule has 0 bridgehead atoms. The topological polar surface area (TPSA) is 60.8 Å². The summed E-state index contributed by atoms with van der Waals surface area (Å²) in [5, 5.41) is 1.74. The first-order chi connectivity index (χ1) is 20.8. The Morgan fingerprint density at radius 2 is 0.822 bits per heavy atom. The van der Waals surface area contributed by atoms with Crippen LogP contribution >= 0.6 is 23.5 Å². The fourth-order valence-electron chi connectivity index (χ4n) is 5.40. The molecule has 2 heterocycles. The van der Waals surface area contributed by atoms with Crippen molar-refractivity contribution in [3.63, 3.8) is 0 Å².